The highest BCUT2D eigenvalue weighted by atomic mass is 16.5. The van der Waals surface area contributed by atoms with Gasteiger partial charge in [0.1, 0.15) is 17.2 Å². The van der Waals surface area contributed by atoms with E-state index in [1.165, 1.54) is 6.92 Å². The van der Waals surface area contributed by atoms with E-state index in [0.29, 0.717) is 56.4 Å². The van der Waals surface area contributed by atoms with Gasteiger partial charge in [0.15, 0.2) is 0 Å². The Morgan fingerprint density at radius 2 is 1.41 bits per heavy atom. The maximum atomic E-state index is 12.4. The molecule has 0 saturated heterocycles. The molecule has 2 rings (SSSR count). The lowest BCUT2D eigenvalue weighted by molar-refractivity contribution is -0.143. The summed E-state index contributed by atoms with van der Waals surface area (Å²) in [7, 11) is 0. The van der Waals surface area contributed by atoms with Gasteiger partial charge in [-0.1, -0.05) is 47.6 Å². The van der Waals surface area contributed by atoms with E-state index >= 15 is 0 Å². The fourth-order valence-electron chi connectivity index (χ4n) is 3.87. The van der Waals surface area contributed by atoms with E-state index in [2.05, 4.69) is 46.9 Å². The van der Waals surface area contributed by atoms with Gasteiger partial charge >= 0.3 is 5.97 Å². The lowest BCUT2D eigenvalue weighted by Gasteiger charge is -2.24. The average molecular weight is 542 g/mol. The standard InChI is InChI=1S/C32H47NO6/c1-9-36-31(35)15-11-25-16-26(10-14-29(25)38-19-22(4)5)32(33-24(8)34)28-13-12-27(37-18-21(2)3)17-30(28)39-20-23(6)7/h10,12-14,16-17,21-23,32H,9,11,15,18-20H2,1-8H3,(H,33,34). The molecule has 0 spiro atoms. The number of esters is 1. The predicted octanol–water partition coefficient (Wildman–Crippen LogP) is 6.51. The molecule has 0 bridgehead atoms. The Hall–Kier alpha value is -3.22. The molecule has 0 aliphatic rings. The van der Waals surface area contributed by atoms with Crippen molar-refractivity contribution in [3.8, 4) is 17.2 Å². The molecule has 0 radical (unpaired) electrons. The lowest BCUT2D eigenvalue weighted by Crippen LogP contribution is -2.27. The molecule has 2 aromatic carbocycles. The highest BCUT2D eigenvalue weighted by Crippen LogP contribution is 2.36. The van der Waals surface area contributed by atoms with Crippen LogP contribution in [0, 0.1) is 17.8 Å². The van der Waals surface area contributed by atoms with Crippen molar-refractivity contribution in [3.05, 3.63) is 53.1 Å². The molecule has 0 fully saturated rings. The van der Waals surface area contributed by atoms with E-state index < -0.39 is 6.04 Å². The summed E-state index contributed by atoms with van der Waals surface area (Å²) in [5, 5.41) is 3.10. The summed E-state index contributed by atoms with van der Waals surface area (Å²) in [5.74, 6) is 2.77. The van der Waals surface area contributed by atoms with Crippen molar-refractivity contribution in [1.29, 1.82) is 0 Å². The summed E-state index contributed by atoms with van der Waals surface area (Å²) in [6.07, 6.45) is 0.705. The number of nitrogens with one attached hydrogen (secondary N) is 1. The molecule has 216 valence electrons. The Labute approximate surface area is 234 Å². The van der Waals surface area contributed by atoms with Crippen molar-refractivity contribution in [2.45, 2.75) is 74.3 Å². The molecule has 0 saturated carbocycles. The minimum absolute atomic E-state index is 0.164. The number of rotatable bonds is 16. The second-order valence-electron chi connectivity index (χ2n) is 11.1. The van der Waals surface area contributed by atoms with E-state index in [-0.39, 0.29) is 18.3 Å². The van der Waals surface area contributed by atoms with Gasteiger partial charge in [0, 0.05) is 25.0 Å². The zero-order valence-electron chi connectivity index (χ0n) is 25.0. The summed E-state index contributed by atoms with van der Waals surface area (Å²) in [4.78, 5) is 24.5. The van der Waals surface area contributed by atoms with Gasteiger partial charge in [-0.15, -0.1) is 0 Å². The Kier molecular flexibility index (Phi) is 13.1. The third kappa shape index (κ3) is 11.2. The van der Waals surface area contributed by atoms with Gasteiger partial charge in [-0.3, -0.25) is 9.59 Å². The third-order valence-corrected chi connectivity index (χ3v) is 5.69. The Morgan fingerprint density at radius 3 is 2.00 bits per heavy atom. The summed E-state index contributed by atoms with van der Waals surface area (Å²) >= 11 is 0. The highest BCUT2D eigenvalue weighted by Gasteiger charge is 2.23. The zero-order valence-corrected chi connectivity index (χ0v) is 25.0. The van der Waals surface area contributed by atoms with Crippen LogP contribution in [0.5, 0.6) is 17.2 Å². The molecule has 39 heavy (non-hydrogen) atoms. The van der Waals surface area contributed by atoms with Crippen LogP contribution in [0.2, 0.25) is 0 Å². The molecule has 7 heteroatoms. The van der Waals surface area contributed by atoms with Crippen LogP contribution in [0.1, 0.15) is 84.5 Å². The second kappa shape index (κ2) is 16.0. The van der Waals surface area contributed by atoms with Crippen molar-refractivity contribution in [2.75, 3.05) is 26.4 Å². The van der Waals surface area contributed by atoms with Crippen LogP contribution >= 0.6 is 0 Å². The predicted molar refractivity (Wildman–Crippen MR) is 154 cm³/mol. The highest BCUT2D eigenvalue weighted by molar-refractivity contribution is 5.74. The minimum Gasteiger partial charge on any atom is -0.493 e. The normalized spacial score (nSPS) is 12.0. The first-order valence-corrected chi connectivity index (χ1v) is 14.1. The van der Waals surface area contributed by atoms with E-state index in [1.807, 2.05) is 36.4 Å². The number of aryl methyl sites for hydroxylation is 1. The van der Waals surface area contributed by atoms with E-state index in [0.717, 1.165) is 28.2 Å². The Bertz CT molecular complexity index is 1060. The van der Waals surface area contributed by atoms with Crippen LogP contribution < -0.4 is 19.5 Å². The Morgan fingerprint density at radius 1 is 0.795 bits per heavy atom. The van der Waals surface area contributed by atoms with Crippen molar-refractivity contribution < 1.29 is 28.5 Å². The molecule has 1 unspecified atom stereocenters. The van der Waals surface area contributed by atoms with Crippen LogP contribution in [0.15, 0.2) is 36.4 Å². The van der Waals surface area contributed by atoms with Gasteiger partial charge < -0.3 is 24.3 Å². The van der Waals surface area contributed by atoms with Gasteiger partial charge in [-0.25, -0.2) is 0 Å². The molecule has 1 N–H and O–H groups in total. The molecular formula is C32H47NO6. The van der Waals surface area contributed by atoms with Gasteiger partial charge in [0.2, 0.25) is 5.91 Å². The molecular weight excluding hydrogens is 494 g/mol. The van der Waals surface area contributed by atoms with E-state index in [9.17, 15) is 9.59 Å². The molecule has 7 nitrogen and oxygen atoms in total. The number of carbonyl (C=O) groups is 2. The van der Waals surface area contributed by atoms with Crippen LogP contribution in [0.3, 0.4) is 0 Å². The number of hydrogen-bond donors (Lipinski definition) is 1. The summed E-state index contributed by atoms with van der Waals surface area (Å²) in [6.45, 7) is 17.9. The number of ether oxygens (including phenoxy) is 4. The fourth-order valence-corrected chi connectivity index (χ4v) is 3.87. The number of hydrogen-bond acceptors (Lipinski definition) is 6. The molecule has 1 amide bonds. The first kappa shape index (κ1) is 32.0. The van der Waals surface area contributed by atoms with Gasteiger partial charge in [0.05, 0.1) is 32.5 Å². The van der Waals surface area contributed by atoms with Gasteiger partial charge in [-0.05, 0) is 66.5 Å². The monoisotopic (exact) mass is 541 g/mol. The number of amides is 1. The maximum Gasteiger partial charge on any atom is 0.306 e. The van der Waals surface area contributed by atoms with E-state index in [4.69, 9.17) is 18.9 Å². The summed E-state index contributed by atoms with van der Waals surface area (Å²) < 4.78 is 23.4. The quantitative estimate of drug-likeness (QED) is 0.244. The summed E-state index contributed by atoms with van der Waals surface area (Å²) in [5.41, 5.74) is 2.58. The second-order valence-corrected chi connectivity index (χ2v) is 11.1. The van der Waals surface area contributed by atoms with Crippen molar-refractivity contribution in [3.63, 3.8) is 0 Å². The molecule has 1 atom stereocenters. The van der Waals surface area contributed by atoms with Crippen LogP contribution in [0.4, 0.5) is 0 Å². The van der Waals surface area contributed by atoms with Crippen LogP contribution in [-0.4, -0.2) is 38.3 Å². The Balaban J connectivity index is 2.53. The fraction of sp³-hybridized carbons (Fsp3) is 0.562. The minimum atomic E-state index is -0.468. The van der Waals surface area contributed by atoms with Crippen LogP contribution in [-0.2, 0) is 20.7 Å². The molecule has 0 aliphatic carbocycles. The van der Waals surface area contributed by atoms with Gasteiger partial charge in [0.25, 0.3) is 0 Å². The van der Waals surface area contributed by atoms with Gasteiger partial charge in [-0.2, -0.15) is 0 Å². The molecule has 0 aromatic heterocycles. The number of benzene rings is 2. The lowest BCUT2D eigenvalue weighted by atomic mass is 9.94. The topological polar surface area (TPSA) is 83.1 Å². The largest absolute Gasteiger partial charge is 0.493 e. The number of carbonyl (C=O) groups excluding carboxylic acids is 2. The van der Waals surface area contributed by atoms with E-state index in [1.54, 1.807) is 6.92 Å². The molecule has 2 aromatic rings. The van der Waals surface area contributed by atoms with Crippen LogP contribution in [0.25, 0.3) is 0 Å². The zero-order chi connectivity index (χ0) is 28.9. The first-order chi connectivity index (χ1) is 18.5. The smallest absolute Gasteiger partial charge is 0.306 e. The average Bonchev–Trinajstić information content (AvgIpc) is 2.87. The van der Waals surface area contributed by atoms with Crippen molar-refractivity contribution >= 4 is 11.9 Å². The SMILES string of the molecule is CCOC(=O)CCc1cc(C(NC(C)=O)c2ccc(OCC(C)C)cc2OCC(C)C)ccc1OCC(C)C. The molecule has 0 heterocycles. The summed E-state index contributed by atoms with van der Waals surface area (Å²) in [6, 6.07) is 11.2. The molecule has 0 aliphatic heterocycles. The van der Waals surface area contributed by atoms with Crippen molar-refractivity contribution in [1.82, 2.24) is 5.32 Å². The third-order valence-electron chi connectivity index (χ3n) is 5.69. The maximum absolute atomic E-state index is 12.4. The first-order valence-electron chi connectivity index (χ1n) is 14.1. The van der Waals surface area contributed by atoms with Crippen molar-refractivity contribution in [2.24, 2.45) is 17.8 Å².